The number of hydrogen-bond acceptors (Lipinski definition) is 4. The SMILES string of the molecule is CCN(C[C@@H](O)CNC)C(=O)OC(C)(C)C. The van der Waals surface area contributed by atoms with E-state index in [1.54, 1.807) is 7.05 Å². The number of aliphatic hydroxyl groups excluding tert-OH is 1. The third-order valence-corrected chi connectivity index (χ3v) is 1.90. The summed E-state index contributed by atoms with van der Waals surface area (Å²) in [6.07, 6.45) is -0.956. The molecule has 0 spiro atoms. The first kappa shape index (κ1) is 15.2. The van der Waals surface area contributed by atoms with Crippen molar-refractivity contribution in [2.24, 2.45) is 0 Å². The van der Waals surface area contributed by atoms with Crippen LogP contribution in [0.5, 0.6) is 0 Å². The fraction of sp³-hybridized carbons (Fsp3) is 0.909. The lowest BCUT2D eigenvalue weighted by atomic mass is 10.2. The van der Waals surface area contributed by atoms with E-state index in [-0.39, 0.29) is 12.6 Å². The van der Waals surface area contributed by atoms with Crippen molar-refractivity contribution in [1.29, 1.82) is 0 Å². The van der Waals surface area contributed by atoms with Gasteiger partial charge < -0.3 is 20.1 Å². The van der Waals surface area contributed by atoms with Crippen LogP contribution >= 0.6 is 0 Å². The molecule has 0 bridgehead atoms. The first-order chi connectivity index (χ1) is 7.30. The number of carbonyl (C=O) groups excluding carboxylic acids is 1. The van der Waals surface area contributed by atoms with E-state index in [1.807, 2.05) is 27.7 Å². The molecule has 0 aromatic carbocycles. The van der Waals surface area contributed by atoms with Gasteiger partial charge in [0.15, 0.2) is 0 Å². The Kier molecular flexibility index (Phi) is 6.36. The molecule has 0 aromatic rings. The van der Waals surface area contributed by atoms with Crippen LogP contribution in [0.25, 0.3) is 0 Å². The number of aliphatic hydroxyl groups is 1. The summed E-state index contributed by atoms with van der Waals surface area (Å²) >= 11 is 0. The molecule has 1 atom stereocenters. The van der Waals surface area contributed by atoms with E-state index in [0.717, 1.165) is 0 Å². The molecular formula is C11H24N2O3. The Bertz CT molecular complexity index is 214. The molecular weight excluding hydrogens is 208 g/mol. The largest absolute Gasteiger partial charge is 0.444 e. The van der Waals surface area contributed by atoms with Crippen LogP contribution in [0.2, 0.25) is 0 Å². The van der Waals surface area contributed by atoms with Crippen LogP contribution < -0.4 is 5.32 Å². The van der Waals surface area contributed by atoms with Gasteiger partial charge >= 0.3 is 6.09 Å². The normalized spacial score (nSPS) is 13.4. The Balaban J connectivity index is 4.22. The minimum absolute atomic E-state index is 0.284. The van der Waals surface area contributed by atoms with Gasteiger partial charge in [-0.1, -0.05) is 0 Å². The van der Waals surface area contributed by atoms with E-state index >= 15 is 0 Å². The topological polar surface area (TPSA) is 61.8 Å². The molecule has 0 heterocycles. The fourth-order valence-corrected chi connectivity index (χ4v) is 1.21. The van der Waals surface area contributed by atoms with Gasteiger partial charge in [-0.05, 0) is 34.7 Å². The van der Waals surface area contributed by atoms with Crippen LogP contribution in [-0.4, -0.2) is 54.5 Å². The van der Waals surface area contributed by atoms with Gasteiger partial charge in [-0.2, -0.15) is 0 Å². The number of amides is 1. The second kappa shape index (κ2) is 6.70. The minimum Gasteiger partial charge on any atom is -0.444 e. The first-order valence-corrected chi connectivity index (χ1v) is 5.60. The number of carbonyl (C=O) groups is 1. The van der Waals surface area contributed by atoms with Crippen molar-refractivity contribution < 1.29 is 14.6 Å². The van der Waals surface area contributed by atoms with Gasteiger partial charge in [-0.15, -0.1) is 0 Å². The summed E-state index contributed by atoms with van der Waals surface area (Å²) in [5.74, 6) is 0. The van der Waals surface area contributed by atoms with Crippen molar-refractivity contribution in [3.05, 3.63) is 0 Å². The molecule has 0 rings (SSSR count). The molecule has 16 heavy (non-hydrogen) atoms. The molecule has 0 saturated carbocycles. The predicted molar refractivity (Wildman–Crippen MR) is 63.4 cm³/mol. The van der Waals surface area contributed by atoms with Gasteiger partial charge in [0.1, 0.15) is 5.60 Å². The zero-order valence-electron chi connectivity index (χ0n) is 10.9. The van der Waals surface area contributed by atoms with Crippen LogP contribution in [-0.2, 0) is 4.74 Å². The number of nitrogens with zero attached hydrogens (tertiary/aromatic N) is 1. The maximum atomic E-state index is 11.7. The van der Waals surface area contributed by atoms with Gasteiger partial charge in [0, 0.05) is 13.1 Å². The third-order valence-electron chi connectivity index (χ3n) is 1.90. The smallest absolute Gasteiger partial charge is 0.410 e. The Morgan fingerprint density at radius 3 is 2.44 bits per heavy atom. The molecule has 2 N–H and O–H groups in total. The molecule has 0 fully saturated rings. The van der Waals surface area contributed by atoms with E-state index in [4.69, 9.17) is 4.74 Å². The van der Waals surface area contributed by atoms with Crippen LogP contribution in [0.15, 0.2) is 0 Å². The lowest BCUT2D eigenvalue weighted by molar-refractivity contribution is 0.0161. The lowest BCUT2D eigenvalue weighted by Crippen LogP contribution is -2.43. The lowest BCUT2D eigenvalue weighted by Gasteiger charge is -2.27. The van der Waals surface area contributed by atoms with Crippen molar-refractivity contribution in [3.63, 3.8) is 0 Å². The van der Waals surface area contributed by atoms with E-state index in [1.165, 1.54) is 4.90 Å². The molecule has 5 nitrogen and oxygen atoms in total. The highest BCUT2D eigenvalue weighted by Gasteiger charge is 2.22. The highest BCUT2D eigenvalue weighted by Crippen LogP contribution is 2.10. The second-order valence-electron chi connectivity index (χ2n) is 4.73. The summed E-state index contributed by atoms with van der Waals surface area (Å²) in [6, 6.07) is 0. The molecule has 5 heteroatoms. The van der Waals surface area contributed by atoms with Gasteiger partial charge in [0.2, 0.25) is 0 Å². The number of nitrogens with one attached hydrogen (secondary N) is 1. The van der Waals surface area contributed by atoms with Crippen LogP contribution in [0.1, 0.15) is 27.7 Å². The maximum Gasteiger partial charge on any atom is 0.410 e. The van der Waals surface area contributed by atoms with Gasteiger partial charge in [0.25, 0.3) is 0 Å². The van der Waals surface area contributed by atoms with Gasteiger partial charge in [-0.3, -0.25) is 0 Å². The second-order valence-corrected chi connectivity index (χ2v) is 4.73. The van der Waals surface area contributed by atoms with Gasteiger partial charge in [-0.25, -0.2) is 4.79 Å². The number of hydrogen-bond donors (Lipinski definition) is 2. The molecule has 0 aliphatic rings. The monoisotopic (exact) mass is 232 g/mol. The third kappa shape index (κ3) is 6.63. The Morgan fingerprint density at radius 1 is 1.50 bits per heavy atom. The van der Waals surface area contributed by atoms with E-state index in [0.29, 0.717) is 13.1 Å². The van der Waals surface area contributed by atoms with Crippen molar-refractivity contribution >= 4 is 6.09 Å². The Labute approximate surface area is 97.8 Å². The Morgan fingerprint density at radius 2 is 2.06 bits per heavy atom. The molecule has 0 aliphatic heterocycles. The van der Waals surface area contributed by atoms with E-state index in [9.17, 15) is 9.90 Å². The average Bonchev–Trinajstić information content (AvgIpc) is 2.11. The first-order valence-electron chi connectivity index (χ1n) is 5.60. The van der Waals surface area contributed by atoms with Crippen LogP contribution in [0, 0.1) is 0 Å². The van der Waals surface area contributed by atoms with Crippen molar-refractivity contribution in [3.8, 4) is 0 Å². The molecule has 0 radical (unpaired) electrons. The van der Waals surface area contributed by atoms with Gasteiger partial charge in [0.05, 0.1) is 12.6 Å². The molecule has 0 aromatic heterocycles. The van der Waals surface area contributed by atoms with E-state index < -0.39 is 11.7 Å². The van der Waals surface area contributed by atoms with Crippen molar-refractivity contribution in [2.45, 2.75) is 39.4 Å². The summed E-state index contributed by atoms with van der Waals surface area (Å²) in [4.78, 5) is 13.2. The van der Waals surface area contributed by atoms with Crippen LogP contribution in [0.3, 0.4) is 0 Å². The fourth-order valence-electron chi connectivity index (χ4n) is 1.21. The quantitative estimate of drug-likeness (QED) is 0.737. The summed E-state index contributed by atoms with van der Waals surface area (Å²) in [5.41, 5.74) is -0.502. The molecule has 0 saturated heterocycles. The highest BCUT2D eigenvalue weighted by molar-refractivity contribution is 5.68. The summed E-state index contributed by atoms with van der Waals surface area (Å²) in [7, 11) is 1.76. The predicted octanol–water partition coefficient (Wildman–Crippen LogP) is 0.824. The van der Waals surface area contributed by atoms with Crippen molar-refractivity contribution in [2.75, 3.05) is 26.7 Å². The Hall–Kier alpha value is -0.810. The molecule has 0 aliphatic carbocycles. The highest BCUT2D eigenvalue weighted by atomic mass is 16.6. The number of likely N-dealkylation sites (N-methyl/N-ethyl adjacent to an activating group) is 2. The van der Waals surface area contributed by atoms with Crippen LogP contribution in [0.4, 0.5) is 4.79 Å². The number of rotatable bonds is 5. The zero-order valence-corrected chi connectivity index (χ0v) is 10.9. The number of ether oxygens (including phenoxy) is 1. The minimum atomic E-state index is -0.572. The van der Waals surface area contributed by atoms with Crippen molar-refractivity contribution in [1.82, 2.24) is 10.2 Å². The standard InChI is InChI=1S/C11H24N2O3/c1-6-13(8-9(14)7-12-5)10(15)16-11(2,3)4/h9,12,14H,6-8H2,1-5H3/t9-/m0/s1. The maximum absolute atomic E-state index is 11.7. The zero-order chi connectivity index (χ0) is 12.8. The summed E-state index contributed by atoms with van der Waals surface area (Å²) < 4.78 is 5.23. The summed E-state index contributed by atoms with van der Waals surface area (Å²) in [6.45, 7) is 8.59. The average molecular weight is 232 g/mol. The summed E-state index contributed by atoms with van der Waals surface area (Å²) in [5, 5.41) is 12.4. The molecule has 0 unspecified atom stereocenters. The molecule has 96 valence electrons. The van der Waals surface area contributed by atoms with E-state index in [2.05, 4.69) is 5.32 Å². The molecule has 1 amide bonds.